The van der Waals surface area contributed by atoms with E-state index >= 15 is 0 Å². The standard InChI is InChI=1S/C19H19ClN2O2S2/c1-12(23)10-22-18(24)16-8-5-14(20)9-17(16)21-19(22)26-11-13-3-6-15(25-2)7-4-13/h3-9,12,23H,10-11H2,1-2H3/t12-/m1/s1. The van der Waals surface area contributed by atoms with Crippen LogP contribution in [0.3, 0.4) is 0 Å². The Labute approximate surface area is 165 Å². The molecule has 136 valence electrons. The predicted molar refractivity (Wildman–Crippen MR) is 110 cm³/mol. The predicted octanol–water partition coefficient (Wildman–Crippen LogP) is 4.44. The van der Waals surface area contributed by atoms with E-state index in [0.29, 0.717) is 26.8 Å². The second kappa shape index (κ2) is 8.48. The van der Waals surface area contributed by atoms with E-state index in [4.69, 9.17) is 11.6 Å². The van der Waals surface area contributed by atoms with E-state index < -0.39 is 6.10 Å². The van der Waals surface area contributed by atoms with Crippen LogP contribution in [0.15, 0.2) is 57.3 Å². The molecule has 0 radical (unpaired) electrons. The summed E-state index contributed by atoms with van der Waals surface area (Å²) in [6, 6.07) is 13.4. The zero-order valence-corrected chi connectivity index (χ0v) is 16.9. The van der Waals surface area contributed by atoms with E-state index in [0.717, 1.165) is 5.56 Å². The second-order valence-electron chi connectivity index (χ2n) is 5.96. The first kappa shape index (κ1) is 19.3. The van der Waals surface area contributed by atoms with Gasteiger partial charge in [0.15, 0.2) is 5.16 Å². The number of rotatable bonds is 6. The third kappa shape index (κ3) is 4.43. The van der Waals surface area contributed by atoms with Crippen molar-refractivity contribution in [3.05, 3.63) is 63.4 Å². The summed E-state index contributed by atoms with van der Waals surface area (Å²) in [5.41, 5.74) is 1.56. The molecule has 0 amide bonds. The Bertz CT molecular complexity index is 972. The molecule has 7 heteroatoms. The monoisotopic (exact) mass is 406 g/mol. The number of thioether (sulfide) groups is 2. The average molecular weight is 407 g/mol. The maximum Gasteiger partial charge on any atom is 0.262 e. The van der Waals surface area contributed by atoms with Gasteiger partial charge in [-0.15, -0.1) is 11.8 Å². The molecule has 1 heterocycles. The summed E-state index contributed by atoms with van der Waals surface area (Å²) in [5.74, 6) is 0.687. The lowest BCUT2D eigenvalue weighted by Crippen LogP contribution is -2.27. The molecule has 4 nitrogen and oxygen atoms in total. The minimum atomic E-state index is -0.639. The third-order valence-electron chi connectivity index (χ3n) is 3.86. The van der Waals surface area contributed by atoms with Crippen molar-refractivity contribution in [3.8, 4) is 0 Å². The summed E-state index contributed by atoms with van der Waals surface area (Å²) >= 11 is 9.23. The minimum Gasteiger partial charge on any atom is -0.392 e. The van der Waals surface area contributed by atoms with Crippen LogP contribution < -0.4 is 5.56 Å². The molecule has 1 atom stereocenters. The smallest absolute Gasteiger partial charge is 0.262 e. The van der Waals surface area contributed by atoms with Gasteiger partial charge in [0.1, 0.15) is 0 Å². The van der Waals surface area contributed by atoms with Crippen LogP contribution in [0, 0.1) is 0 Å². The third-order valence-corrected chi connectivity index (χ3v) is 5.88. The van der Waals surface area contributed by atoms with Crippen molar-refractivity contribution in [2.24, 2.45) is 0 Å². The quantitative estimate of drug-likeness (QED) is 0.484. The first-order valence-electron chi connectivity index (χ1n) is 8.12. The number of hydrogen-bond donors (Lipinski definition) is 1. The highest BCUT2D eigenvalue weighted by Crippen LogP contribution is 2.25. The summed E-state index contributed by atoms with van der Waals surface area (Å²) in [6.07, 6.45) is 1.40. The normalized spacial score (nSPS) is 12.5. The minimum absolute atomic E-state index is 0.159. The Morgan fingerprint density at radius 3 is 2.62 bits per heavy atom. The van der Waals surface area contributed by atoms with Gasteiger partial charge in [0.25, 0.3) is 5.56 Å². The van der Waals surface area contributed by atoms with E-state index in [2.05, 4.69) is 29.2 Å². The van der Waals surface area contributed by atoms with Crippen LogP contribution in [0.5, 0.6) is 0 Å². The van der Waals surface area contributed by atoms with Crippen molar-refractivity contribution in [1.82, 2.24) is 9.55 Å². The van der Waals surface area contributed by atoms with Crippen molar-refractivity contribution in [1.29, 1.82) is 0 Å². The fraction of sp³-hybridized carbons (Fsp3) is 0.263. The lowest BCUT2D eigenvalue weighted by molar-refractivity contribution is 0.168. The summed E-state index contributed by atoms with van der Waals surface area (Å²) < 4.78 is 1.54. The molecule has 1 N–H and O–H groups in total. The molecular formula is C19H19ClN2O2S2. The Hall–Kier alpha value is -1.47. The molecule has 1 aromatic heterocycles. The highest BCUT2D eigenvalue weighted by Gasteiger charge is 2.14. The van der Waals surface area contributed by atoms with Crippen molar-refractivity contribution < 1.29 is 5.11 Å². The van der Waals surface area contributed by atoms with Crippen LogP contribution in [0.2, 0.25) is 5.02 Å². The van der Waals surface area contributed by atoms with E-state index in [1.165, 1.54) is 16.7 Å². The van der Waals surface area contributed by atoms with Crippen LogP contribution in [-0.2, 0) is 12.3 Å². The molecule has 3 aromatic rings. The van der Waals surface area contributed by atoms with E-state index in [1.807, 2.05) is 6.26 Å². The highest BCUT2D eigenvalue weighted by molar-refractivity contribution is 7.98. The molecule has 0 aliphatic heterocycles. The van der Waals surface area contributed by atoms with E-state index in [1.54, 1.807) is 41.5 Å². The lowest BCUT2D eigenvalue weighted by atomic mass is 10.2. The molecule has 0 saturated heterocycles. The van der Waals surface area contributed by atoms with Crippen LogP contribution in [0.1, 0.15) is 12.5 Å². The summed E-state index contributed by atoms with van der Waals surface area (Å²) in [4.78, 5) is 18.7. The topological polar surface area (TPSA) is 55.1 Å². The van der Waals surface area contributed by atoms with Crippen molar-refractivity contribution in [3.63, 3.8) is 0 Å². The van der Waals surface area contributed by atoms with Crippen molar-refractivity contribution in [2.45, 2.75) is 35.4 Å². The molecule has 0 aliphatic carbocycles. The molecule has 2 aromatic carbocycles. The summed E-state index contributed by atoms with van der Waals surface area (Å²) in [6.45, 7) is 1.87. The van der Waals surface area contributed by atoms with Gasteiger partial charge in [0.05, 0.1) is 23.6 Å². The van der Waals surface area contributed by atoms with Crippen LogP contribution in [0.25, 0.3) is 10.9 Å². The lowest BCUT2D eigenvalue weighted by Gasteiger charge is -2.14. The Balaban J connectivity index is 1.97. The molecule has 0 spiro atoms. The number of benzene rings is 2. The summed E-state index contributed by atoms with van der Waals surface area (Å²) in [5, 5.41) is 11.4. The first-order valence-corrected chi connectivity index (χ1v) is 10.7. The maximum atomic E-state index is 12.8. The zero-order valence-electron chi connectivity index (χ0n) is 14.5. The van der Waals surface area contributed by atoms with Crippen molar-refractivity contribution >= 4 is 46.0 Å². The van der Waals surface area contributed by atoms with E-state index in [9.17, 15) is 9.90 Å². The fourth-order valence-electron chi connectivity index (χ4n) is 2.58. The van der Waals surface area contributed by atoms with Gasteiger partial charge in [-0.3, -0.25) is 9.36 Å². The zero-order chi connectivity index (χ0) is 18.7. The van der Waals surface area contributed by atoms with Gasteiger partial charge in [-0.25, -0.2) is 4.98 Å². The van der Waals surface area contributed by atoms with Crippen LogP contribution in [0.4, 0.5) is 0 Å². The number of aromatic nitrogens is 2. The van der Waals surface area contributed by atoms with Crippen molar-refractivity contribution in [2.75, 3.05) is 6.26 Å². The summed E-state index contributed by atoms with van der Waals surface area (Å²) in [7, 11) is 0. The van der Waals surface area contributed by atoms with Gasteiger partial charge in [0.2, 0.25) is 0 Å². The van der Waals surface area contributed by atoms with Crippen LogP contribution in [-0.4, -0.2) is 27.0 Å². The van der Waals surface area contributed by atoms with Gasteiger partial charge in [-0.1, -0.05) is 35.5 Å². The molecule has 3 rings (SSSR count). The fourth-order valence-corrected chi connectivity index (χ4v) is 4.12. The number of fused-ring (bicyclic) bond motifs is 1. The largest absolute Gasteiger partial charge is 0.392 e. The van der Waals surface area contributed by atoms with Gasteiger partial charge >= 0.3 is 0 Å². The molecular weight excluding hydrogens is 388 g/mol. The molecule has 0 aliphatic rings. The second-order valence-corrected chi connectivity index (χ2v) is 8.22. The molecule has 26 heavy (non-hydrogen) atoms. The van der Waals surface area contributed by atoms with Gasteiger partial charge in [-0.2, -0.15) is 0 Å². The highest BCUT2D eigenvalue weighted by atomic mass is 35.5. The molecule has 0 bridgehead atoms. The van der Waals surface area contributed by atoms with Gasteiger partial charge in [-0.05, 0) is 49.1 Å². The van der Waals surface area contributed by atoms with Crippen LogP contribution >= 0.6 is 35.1 Å². The Morgan fingerprint density at radius 1 is 1.23 bits per heavy atom. The van der Waals surface area contributed by atoms with E-state index in [-0.39, 0.29) is 12.1 Å². The number of aliphatic hydroxyl groups is 1. The molecule has 0 fully saturated rings. The van der Waals surface area contributed by atoms with Gasteiger partial charge < -0.3 is 5.11 Å². The first-order chi connectivity index (χ1) is 12.5. The molecule has 0 saturated carbocycles. The average Bonchev–Trinajstić information content (AvgIpc) is 2.62. The number of aliphatic hydroxyl groups excluding tert-OH is 1. The SMILES string of the molecule is CSc1ccc(CSc2nc3cc(Cl)ccc3c(=O)n2C[C@@H](C)O)cc1. The maximum absolute atomic E-state index is 12.8. The number of hydrogen-bond acceptors (Lipinski definition) is 5. The number of nitrogens with zero attached hydrogens (tertiary/aromatic N) is 2. The van der Waals surface area contributed by atoms with Gasteiger partial charge in [0, 0.05) is 15.7 Å². The Kier molecular flexibility index (Phi) is 6.29. The molecule has 0 unspecified atom stereocenters. The number of halogens is 1. The Morgan fingerprint density at radius 2 is 1.96 bits per heavy atom.